The van der Waals surface area contributed by atoms with Crippen LogP contribution in [0.5, 0.6) is 5.75 Å². The Morgan fingerprint density at radius 3 is 2.64 bits per heavy atom. The van der Waals surface area contributed by atoms with Crippen LogP contribution in [0.15, 0.2) is 50.3 Å². The first-order chi connectivity index (χ1) is 15.9. The molecule has 2 aliphatic rings. The third-order valence-corrected chi connectivity index (χ3v) is 8.62. The number of thiazole rings is 1. The van der Waals surface area contributed by atoms with Crippen LogP contribution >= 0.6 is 43.2 Å². The van der Waals surface area contributed by atoms with Gasteiger partial charge < -0.3 is 5.11 Å². The fourth-order valence-electron chi connectivity index (χ4n) is 4.95. The number of phenolic OH excluding ortho intramolecular Hbond substituents is 1. The average molecular weight is 586 g/mol. The normalized spacial score (nSPS) is 20.0. The minimum absolute atomic E-state index is 0.139. The van der Waals surface area contributed by atoms with Gasteiger partial charge in [-0.05, 0) is 81.5 Å². The monoisotopic (exact) mass is 584 g/mol. The SMILES string of the molecule is Cc1nn(-c2nc3ccccc3s2)c2c1C(c1cc(Br)c(O)c(Br)c1)C1C(=O)CCCC1=N2. The van der Waals surface area contributed by atoms with Crippen molar-refractivity contribution in [1.82, 2.24) is 14.8 Å². The molecular formula is C24H18Br2N4O2S. The molecule has 0 saturated heterocycles. The summed E-state index contributed by atoms with van der Waals surface area (Å²) in [5, 5.41) is 15.9. The van der Waals surface area contributed by atoms with Crippen molar-refractivity contribution in [3.8, 4) is 10.9 Å². The van der Waals surface area contributed by atoms with E-state index in [4.69, 9.17) is 15.1 Å². The maximum absolute atomic E-state index is 13.2. The molecule has 0 radical (unpaired) electrons. The number of aromatic nitrogens is 3. The number of carbonyl (C=O) groups excluding carboxylic acids is 1. The summed E-state index contributed by atoms with van der Waals surface area (Å²) in [5.41, 5.74) is 4.55. The Morgan fingerprint density at radius 1 is 1.12 bits per heavy atom. The highest BCUT2D eigenvalue weighted by Crippen LogP contribution is 2.49. The number of rotatable bonds is 2. The molecule has 6 nitrogen and oxygen atoms in total. The van der Waals surface area contributed by atoms with Gasteiger partial charge in [0.05, 0.1) is 30.8 Å². The summed E-state index contributed by atoms with van der Waals surface area (Å²) in [4.78, 5) is 23.0. The lowest BCUT2D eigenvalue weighted by molar-refractivity contribution is -0.121. The van der Waals surface area contributed by atoms with Crippen LogP contribution in [-0.2, 0) is 4.79 Å². The molecule has 6 rings (SSSR count). The molecule has 1 aliphatic heterocycles. The maximum atomic E-state index is 13.2. The van der Waals surface area contributed by atoms with E-state index in [2.05, 4.69) is 37.9 Å². The molecule has 4 aromatic rings. The first kappa shape index (κ1) is 21.2. The minimum Gasteiger partial charge on any atom is -0.506 e. The predicted octanol–water partition coefficient (Wildman–Crippen LogP) is 6.61. The van der Waals surface area contributed by atoms with Gasteiger partial charge in [0.1, 0.15) is 11.5 Å². The van der Waals surface area contributed by atoms with E-state index in [0.29, 0.717) is 15.4 Å². The number of Topliss-reactive ketones (excluding diaryl/α,β-unsaturated/α-hetero) is 1. The summed E-state index contributed by atoms with van der Waals surface area (Å²) in [7, 11) is 0. The van der Waals surface area contributed by atoms with Crippen molar-refractivity contribution in [3.05, 3.63) is 62.2 Å². The van der Waals surface area contributed by atoms with Crippen molar-refractivity contribution in [2.45, 2.75) is 32.1 Å². The number of aryl methyl sites for hydroxylation is 1. The molecule has 9 heteroatoms. The lowest BCUT2D eigenvalue weighted by Crippen LogP contribution is -2.36. The third-order valence-electron chi connectivity index (χ3n) is 6.40. The van der Waals surface area contributed by atoms with Crippen LogP contribution < -0.4 is 0 Å². The van der Waals surface area contributed by atoms with E-state index < -0.39 is 0 Å². The van der Waals surface area contributed by atoms with Gasteiger partial charge in [0.25, 0.3) is 0 Å². The second-order valence-corrected chi connectivity index (χ2v) is 11.1. The standard InChI is InChI=1S/C24H18Br2N4O2S/c1-11-19-20(12-9-13(25)22(32)14(26)10-12)21-16(6-4-7-17(21)31)27-23(19)30(29-11)24-28-15-5-2-3-8-18(15)33-24/h2-3,5,8-10,20-21,32H,4,6-7H2,1H3. The highest BCUT2D eigenvalue weighted by atomic mass is 79.9. The molecular weight excluding hydrogens is 568 g/mol. The highest BCUT2D eigenvalue weighted by molar-refractivity contribution is 9.11. The largest absolute Gasteiger partial charge is 0.506 e. The van der Waals surface area contributed by atoms with Crippen molar-refractivity contribution >= 4 is 70.7 Å². The second-order valence-electron chi connectivity index (χ2n) is 8.41. The molecule has 2 unspecified atom stereocenters. The Morgan fingerprint density at radius 2 is 1.88 bits per heavy atom. The number of nitrogens with zero attached hydrogens (tertiary/aromatic N) is 4. The topological polar surface area (TPSA) is 80.4 Å². The van der Waals surface area contributed by atoms with Gasteiger partial charge in [0, 0.05) is 23.6 Å². The van der Waals surface area contributed by atoms with Gasteiger partial charge >= 0.3 is 0 Å². The average Bonchev–Trinajstić information content (AvgIpc) is 3.37. The quantitative estimate of drug-likeness (QED) is 0.287. The predicted molar refractivity (Wildman–Crippen MR) is 136 cm³/mol. The molecule has 0 spiro atoms. The smallest absolute Gasteiger partial charge is 0.213 e. The van der Waals surface area contributed by atoms with Crippen LogP contribution in [0.3, 0.4) is 0 Å². The summed E-state index contributed by atoms with van der Waals surface area (Å²) in [6.45, 7) is 1.97. The molecule has 2 aromatic carbocycles. The van der Waals surface area contributed by atoms with Gasteiger partial charge in [0.15, 0.2) is 5.82 Å². The lowest BCUT2D eigenvalue weighted by atomic mass is 9.70. The van der Waals surface area contributed by atoms with Gasteiger partial charge in [-0.1, -0.05) is 23.5 Å². The summed E-state index contributed by atoms with van der Waals surface area (Å²) in [6, 6.07) is 11.8. The first-order valence-corrected chi connectivity index (χ1v) is 13.1. The zero-order chi connectivity index (χ0) is 22.9. The van der Waals surface area contributed by atoms with Crippen molar-refractivity contribution in [3.63, 3.8) is 0 Å². The maximum Gasteiger partial charge on any atom is 0.213 e. The van der Waals surface area contributed by atoms with E-state index in [1.54, 1.807) is 11.3 Å². The van der Waals surface area contributed by atoms with Gasteiger partial charge in [0.2, 0.25) is 5.13 Å². The summed E-state index contributed by atoms with van der Waals surface area (Å²) >= 11 is 8.50. The molecule has 1 N–H and O–H groups in total. The molecule has 0 bridgehead atoms. The Labute approximate surface area is 210 Å². The van der Waals surface area contributed by atoms with E-state index >= 15 is 0 Å². The molecule has 1 aliphatic carbocycles. The van der Waals surface area contributed by atoms with Crippen molar-refractivity contribution in [2.75, 3.05) is 0 Å². The van der Waals surface area contributed by atoms with Gasteiger partial charge in [-0.25, -0.2) is 9.98 Å². The number of ketones is 1. The van der Waals surface area contributed by atoms with Crippen LogP contribution in [0, 0.1) is 12.8 Å². The van der Waals surface area contributed by atoms with Gasteiger partial charge in [-0.3, -0.25) is 4.79 Å². The second kappa shape index (κ2) is 7.85. The van der Waals surface area contributed by atoms with Gasteiger partial charge in [-0.15, -0.1) is 0 Å². The third kappa shape index (κ3) is 3.32. The molecule has 33 heavy (non-hydrogen) atoms. The number of carbonyl (C=O) groups is 1. The lowest BCUT2D eigenvalue weighted by Gasteiger charge is -2.34. The van der Waals surface area contributed by atoms with Crippen LogP contribution in [0.25, 0.3) is 15.3 Å². The Kier molecular flexibility index (Phi) is 5.04. The first-order valence-electron chi connectivity index (χ1n) is 10.7. The number of aliphatic imine (C=N–C) groups is 1. The molecule has 1 fully saturated rings. The summed E-state index contributed by atoms with van der Waals surface area (Å²) in [5.74, 6) is 0.555. The van der Waals surface area contributed by atoms with Crippen molar-refractivity contribution in [2.24, 2.45) is 10.9 Å². The number of benzene rings is 2. The Balaban J connectivity index is 1.60. The Hall–Kier alpha value is -2.36. The van der Waals surface area contributed by atoms with Crippen LogP contribution in [0.4, 0.5) is 5.82 Å². The van der Waals surface area contributed by atoms with E-state index in [1.165, 1.54) is 0 Å². The molecule has 166 valence electrons. The Bertz CT molecular complexity index is 1430. The van der Waals surface area contributed by atoms with Crippen molar-refractivity contribution in [1.29, 1.82) is 0 Å². The van der Waals surface area contributed by atoms with E-state index in [-0.39, 0.29) is 23.4 Å². The number of fused-ring (bicyclic) bond motifs is 3. The van der Waals surface area contributed by atoms with Crippen LogP contribution in [0.2, 0.25) is 0 Å². The fourth-order valence-corrected chi connectivity index (χ4v) is 7.09. The number of aromatic hydroxyl groups is 1. The summed E-state index contributed by atoms with van der Waals surface area (Å²) < 4.78 is 4.08. The molecule has 3 heterocycles. The minimum atomic E-state index is -0.318. The van der Waals surface area contributed by atoms with Gasteiger partial charge in [-0.2, -0.15) is 9.78 Å². The van der Waals surface area contributed by atoms with E-state index in [0.717, 1.165) is 56.5 Å². The zero-order valence-electron chi connectivity index (χ0n) is 17.5. The number of halogens is 2. The number of para-hydroxylation sites is 1. The van der Waals surface area contributed by atoms with E-state index in [1.807, 2.05) is 41.9 Å². The molecule has 0 amide bonds. The van der Waals surface area contributed by atoms with E-state index in [9.17, 15) is 9.90 Å². The highest BCUT2D eigenvalue weighted by Gasteiger charge is 2.43. The summed E-state index contributed by atoms with van der Waals surface area (Å²) in [6.07, 6.45) is 2.16. The number of hydrogen-bond donors (Lipinski definition) is 1. The van der Waals surface area contributed by atoms with Crippen LogP contribution in [-0.4, -0.2) is 31.4 Å². The molecule has 2 atom stereocenters. The molecule has 2 aromatic heterocycles. The number of hydrogen-bond acceptors (Lipinski definition) is 6. The number of phenols is 1. The zero-order valence-corrected chi connectivity index (χ0v) is 21.5. The van der Waals surface area contributed by atoms with Crippen molar-refractivity contribution < 1.29 is 9.90 Å². The van der Waals surface area contributed by atoms with Crippen LogP contribution in [0.1, 0.15) is 42.0 Å². The fraction of sp³-hybridized carbons (Fsp3) is 0.250. The molecule has 1 saturated carbocycles.